The lowest BCUT2D eigenvalue weighted by molar-refractivity contribution is -0.160. The van der Waals surface area contributed by atoms with E-state index in [0.717, 1.165) is 26.1 Å². The summed E-state index contributed by atoms with van der Waals surface area (Å²) in [5.74, 6) is -0.609. The molecule has 2 N–H and O–H groups in total. The number of carbonyl (C=O) groups excluding carboxylic acids is 1. The first-order valence-corrected chi connectivity index (χ1v) is 5.18. The van der Waals surface area contributed by atoms with Crippen LogP contribution in [0.1, 0.15) is 19.8 Å². The van der Waals surface area contributed by atoms with E-state index in [1.54, 1.807) is 0 Å². The van der Waals surface area contributed by atoms with Crippen LogP contribution in [-0.4, -0.2) is 49.6 Å². The fourth-order valence-electron chi connectivity index (χ4n) is 1.54. The second-order valence-corrected chi connectivity index (χ2v) is 4.03. The van der Waals surface area contributed by atoms with Gasteiger partial charge in [0.15, 0.2) is 5.60 Å². The summed E-state index contributed by atoms with van der Waals surface area (Å²) in [5.41, 5.74) is -1.45. The zero-order chi connectivity index (χ0) is 11.3. The number of nitrogens with one attached hydrogen (secondary N) is 1. The molecule has 88 valence electrons. The quantitative estimate of drug-likeness (QED) is 0.632. The average molecular weight is 217 g/mol. The molecule has 5 nitrogen and oxygen atoms in total. The van der Waals surface area contributed by atoms with Crippen molar-refractivity contribution in [3.63, 3.8) is 0 Å². The van der Waals surface area contributed by atoms with Crippen molar-refractivity contribution in [3.05, 3.63) is 0 Å². The molecule has 1 heterocycles. The number of hydrogen-bond donors (Lipinski definition) is 2. The summed E-state index contributed by atoms with van der Waals surface area (Å²) in [6.07, 6.45) is 1.83. The zero-order valence-corrected chi connectivity index (χ0v) is 9.28. The maximum Gasteiger partial charge on any atom is 0.338 e. The SMILES string of the molecule is COC(=O)C(C)(O)CNC1CCOCC1. The van der Waals surface area contributed by atoms with E-state index in [9.17, 15) is 9.90 Å². The second-order valence-electron chi connectivity index (χ2n) is 4.03. The van der Waals surface area contributed by atoms with Crippen LogP contribution in [0, 0.1) is 0 Å². The molecule has 0 aliphatic carbocycles. The summed E-state index contributed by atoms with van der Waals surface area (Å²) in [7, 11) is 1.27. The van der Waals surface area contributed by atoms with E-state index < -0.39 is 11.6 Å². The van der Waals surface area contributed by atoms with Crippen molar-refractivity contribution >= 4 is 5.97 Å². The molecule has 0 saturated carbocycles. The van der Waals surface area contributed by atoms with Crippen LogP contribution in [-0.2, 0) is 14.3 Å². The Bertz CT molecular complexity index is 211. The van der Waals surface area contributed by atoms with Crippen LogP contribution in [0.3, 0.4) is 0 Å². The molecule has 0 aromatic heterocycles. The van der Waals surface area contributed by atoms with Gasteiger partial charge < -0.3 is 19.9 Å². The molecule has 0 aromatic rings. The summed E-state index contributed by atoms with van der Waals surface area (Å²) in [6.45, 7) is 3.13. The van der Waals surface area contributed by atoms with Gasteiger partial charge in [-0.3, -0.25) is 0 Å². The normalized spacial score (nSPS) is 22.1. The Morgan fingerprint density at radius 2 is 2.20 bits per heavy atom. The minimum absolute atomic E-state index is 0.213. The first-order valence-electron chi connectivity index (χ1n) is 5.18. The van der Waals surface area contributed by atoms with Crippen molar-refractivity contribution in [1.29, 1.82) is 0 Å². The Balaban J connectivity index is 2.31. The number of hydrogen-bond acceptors (Lipinski definition) is 5. The van der Waals surface area contributed by atoms with Crippen LogP contribution in [0.5, 0.6) is 0 Å². The Kier molecular flexibility index (Phi) is 4.50. The van der Waals surface area contributed by atoms with E-state index >= 15 is 0 Å². The molecule has 0 aromatic carbocycles. The molecule has 0 radical (unpaired) electrons. The predicted octanol–water partition coefficient (Wildman–Crippen LogP) is -0.321. The molecule has 1 aliphatic heterocycles. The van der Waals surface area contributed by atoms with Crippen LogP contribution >= 0.6 is 0 Å². The van der Waals surface area contributed by atoms with Crippen molar-refractivity contribution in [2.75, 3.05) is 26.9 Å². The number of carbonyl (C=O) groups is 1. The largest absolute Gasteiger partial charge is 0.467 e. The smallest absolute Gasteiger partial charge is 0.338 e. The van der Waals surface area contributed by atoms with Gasteiger partial charge in [-0.05, 0) is 19.8 Å². The highest BCUT2D eigenvalue weighted by Crippen LogP contribution is 2.09. The first kappa shape index (κ1) is 12.4. The van der Waals surface area contributed by atoms with Crippen molar-refractivity contribution in [2.45, 2.75) is 31.4 Å². The molecular weight excluding hydrogens is 198 g/mol. The molecule has 0 bridgehead atoms. The summed E-state index contributed by atoms with van der Waals surface area (Å²) >= 11 is 0. The Labute approximate surface area is 89.8 Å². The highest BCUT2D eigenvalue weighted by atomic mass is 16.5. The zero-order valence-electron chi connectivity index (χ0n) is 9.28. The van der Waals surface area contributed by atoms with E-state index in [1.807, 2.05) is 0 Å². The Morgan fingerprint density at radius 3 is 2.73 bits per heavy atom. The molecule has 1 saturated heterocycles. The third-order valence-corrected chi connectivity index (χ3v) is 2.58. The average Bonchev–Trinajstić information content (AvgIpc) is 2.27. The summed E-state index contributed by atoms with van der Waals surface area (Å²) in [4.78, 5) is 11.2. The molecular formula is C10H19NO4. The van der Waals surface area contributed by atoms with Crippen molar-refractivity contribution in [3.8, 4) is 0 Å². The summed E-state index contributed by atoms with van der Waals surface area (Å²) < 4.78 is 9.71. The lowest BCUT2D eigenvalue weighted by atomic mass is 10.0. The van der Waals surface area contributed by atoms with E-state index in [4.69, 9.17) is 4.74 Å². The van der Waals surface area contributed by atoms with Gasteiger partial charge in [-0.25, -0.2) is 4.79 Å². The molecule has 5 heteroatoms. The van der Waals surface area contributed by atoms with E-state index in [0.29, 0.717) is 6.04 Å². The molecule has 1 atom stereocenters. The lowest BCUT2D eigenvalue weighted by Gasteiger charge is -2.27. The van der Waals surface area contributed by atoms with Crippen LogP contribution in [0.25, 0.3) is 0 Å². The van der Waals surface area contributed by atoms with Gasteiger partial charge in [-0.2, -0.15) is 0 Å². The van der Waals surface area contributed by atoms with Crippen molar-refractivity contribution < 1.29 is 19.4 Å². The summed E-state index contributed by atoms with van der Waals surface area (Å²) in [5, 5.41) is 12.9. The second kappa shape index (κ2) is 5.44. The topological polar surface area (TPSA) is 67.8 Å². The van der Waals surface area contributed by atoms with Gasteiger partial charge in [0, 0.05) is 25.8 Å². The summed E-state index contributed by atoms with van der Waals surface area (Å²) in [6, 6.07) is 0.315. The van der Waals surface area contributed by atoms with E-state index in [1.165, 1.54) is 14.0 Å². The molecule has 1 fully saturated rings. The van der Waals surface area contributed by atoms with Gasteiger partial charge in [-0.15, -0.1) is 0 Å². The molecule has 0 spiro atoms. The van der Waals surface area contributed by atoms with Gasteiger partial charge >= 0.3 is 5.97 Å². The van der Waals surface area contributed by atoms with Gasteiger partial charge in [0.1, 0.15) is 0 Å². The molecule has 15 heavy (non-hydrogen) atoms. The number of methoxy groups -OCH3 is 1. The molecule has 0 amide bonds. The van der Waals surface area contributed by atoms with Crippen LogP contribution < -0.4 is 5.32 Å². The van der Waals surface area contributed by atoms with Crippen molar-refractivity contribution in [1.82, 2.24) is 5.32 Å². The van der Waals surface area contributed by atoms with Crippen LogP contribution in [0.2, 0.25) is 0 Å². The number of rotatable bonds is 4. The number of aliphatic hydroxyl groups is 1. The maximum absolute atomic E-state index is 11.2. The monoisotopic (exact) mass is 217 g/mol. The Hall–Kier alpha value is -0.650. The minimum atomic E-state index is -1.45. The highest BCUT2D eigenvalue weighted by Gasteiger charge is 2.32. The fourth-order valence-corrected chi connectivity index (χ4v) is 1.54. The van der Waals surface area contributed by atoms with Gasteiger partial charge in [0.2, 0.25) is 0 Å². The maximum atomic E-state index is 11.2. The molecule has 1 rings (SSSR count). The van der Waals surface area contributed by atoms with Gasteiger partial charge in [0.25, 0.3) is 0 Å². The standard InChI is InChI=1S/C10H19NO4/c1-10(13,9(12)14-2)7-11-8-3-5-15-6-4-8/h8,11,13H,3-7H2,1-2H3. The van der Waals surface area contributed by atoms with E-state index in [2.05, 4.69) is 10.1 Å². The number of ether oxygens (including phenoxy) is 2. The predicted molar refractivity (Wildman–Crippen MR) is 54.5 cm³/mol. The van der Waals surface area contributed by atoms with Gasteiger partial charge in [-0.1, -0.05) is 0 Å². The van der Waals surface area contributed by atoms with Crippen LogP contribution in [0.4, 0.5) is 0 Å². The van der Waals surface area contributed by atoms with Crippen molar-refractivity contribution in [2.24, 2.45) is 0 Å². The minimum Gasteiger partial charge on any atom is -0.467 e. The van der Waals surface area contributed by atoms with Gasteiger partial charge in [0.05, 0.1) is 7.11 Å². The third-order valence-electron chi connectivity index (χ3n) is 2.58. The van der Waals surface area contributed by atoms with E-state index in [-0.39, 0.29) is 6.54 Å². The Morgan fingerprint density at radius 1 is 1.60 bits per heavy atom. The lowest BCUT2D eigenvalue weighted by Crippen LogP contribution is -2.49. The first-order chi connectivity index (χ1) is 7.06. The molecule has 1 unspecified atom stereocenters. The van der Waals surface area contributed by atoms with Crippen LogP contribution in [0.15, 0.2) is 0 Å². The fraction of sp³-hybridized carbons (Fsp3) is 0.900. The highest BCUT2D eigenvalue weighted by molar-refractivity contribution is 5.78. The molecule has 1 aliphatic rings. The third kappa shape index (κ3) is 3.77. The number of esters is 1.